The molecule has 0 fully saturated rings. The van der Waals surface area contributed by atoms with E-state index in [9.17, 15) is 4.79 Å². The Balaban J connectivity index is 3.58. The van der Waals surface area contributed by atoms with Gasteiger partial charge in [0.25, 0.3) is 0 Å². The molecule has 0 saturated carbocycles. The fourth-order valence-corrected chi connectivity index (χ4v) is 0.875. The van der Waals surface area contributed by atoms with E-state index in [1.807, 2.05) is 0 Å². The van der Waals surface area contributed by atoms with E-state index < -0.39 is 0 Å². The predicted octanol–water partition coefficient (Wildman–Crippen LogP) is -0.140. The zero-order chi connectivity index (χ0) is 9.56. The van der Waals surface area contributed by atoms with Gasteiger partial charge in [0.2, 0.25) is 0 Å². The van der Waals surface area contributed by atoms with Gasteiger partial charge in [-0.15, -0.1) is 0 Å². The minimum Gasteiger partial charge on any atom is -0.462 e. The summed E-state index contributed by atoms with van der Waals surface area (Å²) in [5.41, 5.74) is 5.23. The van der Waals surface area contributed by atoms with Crippen LogP contribution in [0.1, 0.15) is 13.8 Å². The second-order valence-corrected chi connectivity index (χ2v) is 3.29. The van der Waals surface area contributed by atoms with Gasteiger partial charge in [-0.05, 0) is 13.8 Å². The largest absolute Gasteiger partial charge is 0.462 e. The normalized spacial score (nSPS) is 11.8. The van der Waals surface area contributed by atoms with E-state index in [4.69, 9.17) is 16.3 Å². The number of hydrogen-bond donors (Lipinski definition) is 2. The lowest BCUT2D eigenvalue weighted by atomic mass is 10.5. The molecule has 4 N–H and O–H groups in total. The van der Waals surface area contributed by atoms with Gasteiger partial charge in [0.05, 0.1) is 11.9 Å². The van der Waals surface area contributed by atoms with Gasteiger partial charge in [-0.2, -0.15) is 5.10 Å². The summed E-state index contributed by atoms with van der Waals surface area (Å²) in [5.74, 6) is 4.68. The maximum absolute atomic E-state index is 10.9. The van der Waals surface area contributed by atoms with Crippen LogP contribution >= 0.6 is 11.8 Å². The number of thioether (sulfide) groups is 1. The lowest BCUT2D eigenvalue weighted by Gasteiger charge is -2.06. The van der Waals surface area contributed by atoms with Crippen LogP contribution in [0.15, 0.2) is 5.10 Å². The van der Waals surface area contributed by atoms with Crippen molar-refractivity contribution < 1.29 is 9.53 Å². The molecule has 0 atom stereocenters. The molecule has 0 unspecified atom stereocenters. The van der Waals surface area contributed by atoms with Crippen molar-refractivity contribution in [3.05, 3.63) is 0 Å². The first kappa shape index (κ1) is 11.1. The number of rotatable bonds is 3. The molecular weight excluding hydrogens is 178 g/mol. The van der Waals surface area contributed by atoms with Crippen molar-refractivity contribution in [1.29, 1.82) is 0 Å². The lowest BCUT2D eigenvalue weighted by molar-refractivity contribution is -0.144. The highest BCUT2D eigenvalue weighted by Gasteiger charge is 2.06. The highest BCUT2D eigenvalue weighted by Crippen LogP contribution is 2.01. The number of amidine groups is 1. The number of carbonyl (C=O) groups is 1. The lowest BCUT2D eigenvalue weighted by Crippen LogP contribution is -2.17. The molecule has 0 aliphatic rings. The van der Waals surface area contributed by atoms with E-state index in [0.29, 0.717) is 0 Å². The van der Waals surface area contributed by atoms with Crippen molar-refractivity contribution >= 4 is 22.9 Å². The van der Waals surface area contributed by atoms with Gasteiger partial charge >= 0.3 is 5.97 Å². The highest BCUT2D eigenvalue weighted by molar-refractivity contribution is 8.14. The number of ether oxygens (including phenoxy) is 1. The quantitative estimate of drug-likeness (QED) is 0.213. The molecule has 0 aromatic heterocycles. The monoisotopic (exact) mass is 191 g/mol. The molecule has 0 rings (SSSR count). The van der Waals surface area contributed by atoms with E-state index in [1.165, 1.54) is 0 Å². The first-order chi connectivity index (χ1) is 5.56. The molecule has 0 heterocycles. The fraction of sp³-hybridized carbons (Fsp3) is 0.667. The van der Waals surface area contributed by atoms with Gasteiger partial charge in [0.1, 0.15) is 0 Å². The van der Waals surface area contributed by atoms with E-state index in [0.717, 1.165) is 11.8 Å². The second kappa shape index (κ2) is 5.70. The summed E-state index contributed by atoms with van der Waals surface area (Å²) in [6.07, 6.45) is -0.103. The van der Waals surface area contributed by atoms with Gasteiger partial charge in [0.15, 0.2) is 5.17 Å². The molecule has 0 aromatic carbocycles. The Morgan fingerprint density at radius 3 is 2.67 bits per heavy atom. The summed E-state index contributed by atoms with van der Waals surface area (Å²) >= 11 is 1.05. The van der Waals surface area contributed by atoms with Crippen molar-refractivity contribution in [2.75, 3.05) is 5.75 Å². The molecule has 5 nitrogen and oxygen atoms in total. The maximum atomic E-state index is 10.9. The third-order valence-electron chi connectivity index (χ3n) is 0.832. The Morgan fingerprint density at radius 2 is 2.25 bits per heavy atom. The van der Waals surface area contributed by atoms with Gasteiger partial charge < -0.3 is 16.3 Å². The average molecular weight is 191 g/mol. The molecule has 0 saturated heterocycles. The summed E-state index contributed by atoms with van der Waals surface area (Å²) < 4.78 is 4.83. The number of nitrogens with two attached hydrogens (primary N) is 2. The zero-order valence-corrected chi connectivity index (χ0v) is 7.93. The maximum Gasteiger partial charge on any atom is 0.316 e. The van der Waals surface area contributed by atoms with Crippen molar-refractivity contribution in [3.63, 3.8) is 0 Å². The molecule has 0 aliphatic carbocycles. The van der Waals surface area contributed by atoms with Gasteiger partial charge in [-0.1, -0.05) is 11.8 Å². The Morgan fingerprint density at radius 1 is 1.67 bits per heavy atom. The molecule has 0 radical (unpaired) electrons. The molecular formula is C6H13N3O2S. The van der Waals surface area contributed by atoms with Crippen molar-refractivity contribution in [1.82, 2.24) is 0 Å². The van der Waals surface area contributed by atoms with Crippen LogP contribution in [0.5, 0.6) is 0 Å². The summed E-state index contributed by atoms with van der Waals surface area (Å²) in [7, 11) is 0. The molecule has 0 amide bonds. The van der Waals surface area contributed by atoms with E-state index in [-0.39, 0.29) is 23.0 Å². The highest BCUT2D eigenvalue weighted by atomic mass is 32.2. The fourth-order valence-electron chi connectivity index (χ4n) is 0.467. The standard InChI is InChI=1S/C6H13N3O2S/c1-4(2)11-5(10)3-12-6(7)9-8/h4H,3,8H2,1-2H3,(H2,7,9). The Hall–Kier alpha value is -0.910. The summed E-state index contributed by atoms with van der Waals surface area (Å²) in [5, 5.41) is 3.37. The molecule has 70 valence electrons. The number of nitrogens with zero attached hydrogens (tertiary/aromatic N) is 1. The molecule has 0 bridgehead atoms. The summed E-state index contributed by atoms with van der Waals surface area (Å²) in [6, 6.07) is 0. The summed E-state index contributed by atoms with van der Waals surface area (Å²) in [4.78, 5) is 10.9. The number of carbonyl (C=O) groups excluding carboxylic acids is 1. The van der Waals surface area contributed by atoms with Gasteiger partial charge in [-0.3, -0.25) is 4.79 Å². The second-order valence-electron chi connectivity index (χ2n) is 2.29. The first-order valence-corrected chi connectivity index (χ1v) is 4.40. The zero-order valence-electron chi connectivity index (χ0n) is 7.11. The van der Waals surface area contributed by atoms with Crippen molar-refractivity contribution in [3.8, 4) is 0 Å². The minimum atomic E-state index is -0.318. The van der Waals surface area contributed by atoms with E-state index >= 15 is 0 Å². The van der Waals surface area contributed by atoms with Gasteiger partial charge in [-0.25, -0.2) is 0 Å². The van der Waals surface area contributed by atoms with Crippen LogP contribution < -0.4 is 11.6 Å². The van der Waals surface area contributed by atoms with Crippen LogP contribution in [-0.2, 0) is 9.53 Å². The third kappa shape index (κ3) is 5.84. The van der Waals surface area contributed by atoms with Crippen LogP contribution in [0.4, 0.5) is 0 Å². The molecule has 12 heavy (non-hydrogen) atoms. The SMILES string of the molecule is CC(C)OC(=O)CSC(N)=NN. The van der Waals surface area contributed by atoms with E-state index in [2.05, 4.69) is 5.10 Å². The number of hydrazone groups is 1. The van der Waals surface area contributed by atoms with E-state index in [1.54, 1.807) is 13.8 Å². The molecule has 0 aliphatic heterocycles. The van der Waals surface area contributed by atoms with Gasteiger partial charge in [0, 0.05) is 0 Å². The smallest absolute Gasteiger partial charge is 0.316 e. The first-order valence-electron chi connectivity index (χ1n) is 3.42. The van der Waals surface area contributed by atoms with Crippen LogP contribution in [0.3, 0.4) is 0 Å². The van der Waals surface area contributed by atoms with Crippen LogP contribution in [0.25, 0.3) is 0 Å². The van der Waals surface area contributed by atoms with Crippen LogP contribution in [-0.4, -0.2) is 23.0 Å². The van der Waals surface area contributed by atoms with Crippen LogP contribution in [0, 0.1) is 0 Å². The van der Waals surface area contributed by atoms with Crippen LogP contribution in [0.2, 0.25) is 0 Å². The van der Waals surface area contributed by atoms with Crippen molar-refractivity contribution in [2.24, 2.45) is 16.7 Å². The Labute approximate surface area is 75.5 Å². The summed E-state index contributed by atoms with van der Waals surface area (Å²) in [6.45, 7) is 3.56. The third-order valence-corrected chi connectivity index (χ3v) is 1.61. The average Bonchev–Trinajstić information content (AvgIpc) is 1.99. The topological polar surface area (TPSA) is 90.7 Å². The molecule has 6 heteroatoms. The van der Waals surface area contributed by atoms with Crippen molar-refractivity contribution in [2.45, 2.75) is 20.0 Å². The predicted molar refractivity (Wildman–Crippen MR) is 49.5 cm³/mol. The molecule has 0 aromatic rings. The minimum absolute atomic E-state index is 0.103. The molecule has 0 spiro atoms. The Bertz CT molecular complexity index is 182. The Kier molecular flexibility index (Phi) is 5.27. The number of hydrogen-bond acceptors (Lipinski definition) is 5. The number of esters is 1.